The molecule has 0 radical (unpaired) electrons. The van der Waals surface area contributed by atoms with Crippen molar-refractivity contribution in [2.45, 2.75) is 64.0 Å². The van der Waals surface area contributed by atoms with Crippen LogP contribution in [-0.4, -0.2) is 36.7 Å². The number of carbonyl (C=O) groups excluding carboxylic acids is 3. The first-order chi connectivity index (χ1) is 13.0. The summed E-state index contributed by atoms with van der Waals surface area (Å²) in [4.78, 5) is 35.7. The van der Waals surface area contributed by atoms with E-state index in [1.54, 1.807) is 0 Å². The molecule has 0 aliphatic heterocycles. The maximum atomic E-state index is 12.0. The minimum atomic E-state index is -1.07. The van der Waals surface area contributed by atoms with Crippen LogP contribution in [0.15, 0.2) is 18.2 Å². The number of rotatable bonds is 6. The second kappa shape index (κ2) is 8.88. The maximum Gasteiger partial charge on any atom is 0.344 e. The Morgan fingerprint density at radius 2 is 1.85 bits per heavy atom. The lowest BCUT2D eigenvalue weighted by molar-refractivity contribution is -0.156. The van der Waals surface area contributed by atoms with Gasteiger partial charge in [-0.1, -0.05) is 18.9 Å². The second-order valence-corrected chi connectivity index (χ2v) is 7.15. The number of amides is 3. The van der Waals surface area contributed by atoms with Crippen LogP contribution in [0.2, 0.25) is 0 Å². The zero-order chi connectivity index (χ0) is 19.2. The molecule has 1 atom stereocenters. The van der Waals surface area contributed by atoms with E-state index < -0.39 is 24.0 Å². The number of carbonyl (C=O) groups is 3. The molecule has 2 aliphatic rings. The van der Waals surface area contributed by atoms with Gasteiger partial charge in [-0.25, -0.2) is 9.59 Å². The van der Waals surface area contributed by atoms with E-state index in [1.165, 1.54) is 18.1 Å². The summed E-state index contributed by atoms with van der Waals surface area (Å²) < 4.78 is 10.5. The number of imide groups is 1. The van der Waals surface area contributed by atoms with Gasteiger partial charge in [0.2, 0.25) is 0 Å². The van der Waals surface area contributed by atoms with E-state index in [2.05, 4.69) is 10.6 Å². The molecule has 146 valence electrons. The van der Waals surface area contributed by atoms with Crippen LogP contribution in [0.1, 0.15) is 50.2 Å². The molecule has 27 heavy (non-hydrogen) atoms. The van der Waals surface area contributed by atoms with E-state index in [-0.39, 0.29) is 12.6 Å². The van der Waals surface area contributed by atoms with Gasteiger partial charge in [0.05, 0.1) is 0 Å². The van der Waals surface area contributed by atoms with Crippen LogP contribution in [0.5, 0.6) is 5.75 Å². The summed E-state index contributed by atoms with van der Waals surface area (Å²) in [6, 6.07) is 5.35. The molecule has 3 rings (SSSR count). The summed E-state index contributed by atoms with van der Waals surface area (Å²) in [7, 11) is 0. The number of aryl methyl sites for hydroxylation is 2. The molecule has 0 spiro atoms. The Labute approximate surface area is 158 Å². The lowest BCUT2D eigenvalue weighted by Crippen LogP contribution is -2.47. The lowest BCUT2D eigenvalue weighted by Gasteiger charge is -2.16. The smallest absolute Gasteiger partial charge is 0.344 e. The van der Waals surface area contributed by atoms with Gasteiger partial charge in [0.1, 0.15) is 5.75 Å². The number of benzene rings is 1. The first-order valence-corrected chi connectivity index (χ1v) is 9.56. The van der Waals surface area contributed by atoms with E-state index in [0.717, 1.165) is 44.9 Å². The molecule has 7 heteroatoms. The Balaban J connectivity index is 1.38. The average Bonchev–Trinajstić information content (AvgIpc) is 3.30. The van der Waals surface area contributed by atoms with Gasteiger partial charge >= 0.3 is 12.0 Å². The molecule has 1 aromatic carbocycles. The third-order valence-corrected chi connectivity index (χ3v) is 5.03. The van der Waals surface area contributed by atoms with E-state index in [1.807, 2.05) is 18.2 Å². The number of hydrogen-bond acceptors (Lipinski definition) is 5. The van der Waals surface area contributed by atoms with E-state index in [4.69, 9.17) is 9.47 Å². The number of ether oxygens (including phenoxy) is 2. The summed E-state index contributed by atoms with van der Waals surface area (Å²) in [6.07, 6.45) is 6.18. The van der Waals surface area contributed by atoms with Crippen molar-refractivity contribution in [1.29, 1.82) is 0 Å². The maximum absolute atomic E-state index is 12.0. The highest BCUT2D eigenvalue weighted by atomic mass is 16.6. The minimum absolute atomic E-state index is 0.108. The zero-order valence-corrected chi connectivity index (χ0v) is 15.6. The fourth-order valence-corrected chi connectivity index (χ4v) is 3.57. The highest BCUT2D eigenvalue weighted by Crippen LogP contribution is 2.26. The quantitative estimate of drug-likeness (QED) is 0.745. The van der Waals surface area contributed by atoms with Crippen LogP contribution in [0.4, 0.5) is 4.79 Å². The summed E-state index contributed by atoms with van der Waals surface area (Å²) in [5, 5.41) is 4.96. The Hall–Kier alpha value is -2.57. The van der Waals surface area contributed by atoms with E-state index in [9.17, 15) is 14.4 Å². The van der Waals surface area contributed by atoms with Gasteiger partial charge in [0.15, 0.2) is 12.7 Å². The Kier molecular flexibility index (Phi) is 6.32. The molecule has 1 fully saturated rings. The fraction of sp³-hybridized carbons (Fsp3) is 0.550. The zero-order valence-electron chi connectivity index (χ0n) is 15.6. The van der Waals surface area contributed by atoms with Crippen LogP contribution >= 0.6 is 0 Å². The SMILES string of the molecule is CC(OC(=O)COc1ccc2c(c1)CCC2)C(=O)NC(=O)NC1CCCC1. The summed E-state index contributed by atoms with van der Waals surface area (Å²) in [6.45, 7) is 1.14. The number of nitrogens with one attached hydrogen (secondary N) is 2. The van der Waals surface area contributed by atoms with Crippen LogP contribution in [0, 0.1) is 0 Å². The normalized spacial score (nSPS) is 17.1. The monoisotopic (exact) mass is 374 g/mol. The Bertz CT molecular complexity index is 712. The molecule has 3 amide bonds. The highest BCUT2D eigenvalue weighted by Gasteiger charge is 2.23. The van der Waals surface area contributed by atoms with Gasteiger partial charge in [-0.3, -0.25) is 10.1 Å². The summed E-state index contributed by atoms with van der Waals surface area (Å²) in [5.41, 5.74) is 2.58. The van der Waals surface area contributed by atoms with Crippen molar-refractivity contribution in [1.82, 2.24) is 10.6 Å². The topological polar surface area (TPSA) is 93.7 Å². The molecule has 1 unspecified atom stereocenters. The van der Waals surface area contributed by atoms with Crippen molar-refractivity contribution in [3.63, 3.8) is 0 Å². The average molecular weight is 374 g/mol. The van der Waals surface area contributed by atoms with Gasteiger partial charge in [-0.2, -0.15) is 0 Å². The third-order valence-electron chi connectivity index (χ3n) is 5.03. The number of fused-ring (bicyclic) bond motifs is 1. The molecular weight excluding hydrogens is 348 g/mol. The van der Waals surface area contributed by atoms with Gasteiger partial charge in [0, 0.05) is 6.04 Å². The second-order valence-electron chi connectivity index (χ2n) is 7.15. The van der Waals surface area contributed by atoms with Gasteiger partial charge in [-0.15, -0.1) is 0 Å². The number of hydrogen-bond donors (Lipinski definition) is 2. The molecule has 1 aromatic rings. The van der Waals surface area contributed by atoms with Crippen molar-refractivity contribution in [2.24, 2.45) is 0 Å². The summed E-state index contributed by atoms with van der Waals surface area (Å²) in [5.74, 6) is -0.702. The number of urea groups is 1. The highest BCUT2D eigenvalue weighted by molar-refractivity contribution is 5.97. The van der Waals surface area contributed by atoms with Crippen LogP contribution in [-0.2, 0) is 27.2 Å². The molecule has 0 bridgehead atoms. The molecule has 0 aromatic heterocycles. The first kappa shape index (κ1) is 19.2. The predicted molar refractivity (Wildman–Crippen MR) is 98.4 cm³/mol. The van der Waals surface area contributed by atoms with E-state index >= 15 is 0 Å². The van der Waals surface area contributed by atoms with Crippen molar-refractivity contribution in [2.75, 3.05) is 6.61 Å². The van der Waals surface area contributed by atoms with Crippen molar-refractivity contribution >= 4 is 17.9 Å². The van der Waals surface area contributed by atoms with Crippen LogP contribution in [0.25, 0.3) is 0 Å². The van der Waals surface area contributed by atoms with Crippen molar-refractivity contribution < 1.29 is 23.9 Å². The van der Waals surface area contributed by atoms with Crippen LogP contribution in [0.3, 0.4) is 0 Å². The molecule has 2 N–H and O–H groups in total. The minimum Gasteiger partial charge on any atom is -0.482 e. The molecular formula is C20H26N2O5. The number of esters is 1. The van der Waals surface area contributed by atoms with Crippen molar-refractivity contribution in [3.8, 4) is 5.75 Å². The fourth-order valence-electron chi connectivity index (χ4n) is 3.57. The van der Waals surface area contributed by atoms with Crippen molar-refractivity contribution in [3.05, 3.63) is 29.3 Å². The molecule has 1 saturated carbocycles. The first-order valence-electron chi connectivity index (χ1n) is 9.56. The van der Waals surface area contributed by atoms with Gasteiger partial charge in [-0.05, 0) is 62.3 Å². The van der Waals surface area contributed by atoms with E-state index in [0.29, 0.717) is 5.75 Å². The molecule has 0 heterocycles. The molecule has 0 saturated heterocycles. The van der Waals surface area contributed by atoms with Gasteiger partial charge in [0.25, 0.3) is 5.91 Å². The summed E-state index contributed by atoms with van der Waals surface area (Å²) >= 11 is 0. The van der Waals surface area contributed by atoms with Gasteiger partial charge < -0.3 is 14.8 Å². The predicted octanol–water partition coefficient (Wildman–Crippen LogP) is 2.25. The molecule has 2 aliphatic carbocycles. The third kappa shape index (κ3) is 5.45. The standard InChI is InChI=1S/C20H26N2O5/c1-13(19(24)22-20(25)21-16-7-2-3-8-16)27-18(23)12-26-17-10-9-14-5-4-6-15(14)11-17/h9-11,13,16H,2-8,12H2,1H3,(H2,21,22,24,25). The largest absolute Gasteiger partial charge is 0.482 e. The Morgan fingerprint density at radius 1 is 1.11 bits per heavy atom. The molecule has 7 nitrogen and oxygen atoms in total. The Morgan fingerprint density at radius 3 is 2.63 bits per heavy atom. The lowest BCUT2D eigenvalue weighted by atomic mass is 10.1. The van der Waals surface area contributed by atoms with Crippen LogP contribution < -0.4 is 15.4 Å².